The molecule has 1 aliphatic heterocycles. The maximum atomic E-state index is 11.5. The average molecular weight is 290 g/mol. The number of aryl methyl sites for hydroxylation is 1. The maximum Gasteiger partial charge on any atom is 0.305 e. The average Bonchev–Trinajstić information content (AvgIpc) is 2.46. The number of carboxylic acid groups (broad SMARTS) is 1. The standard InChI is InChI=1S/C17H26N2O2/c1-4-17(13-16(20)21,15-7-5-14(2)6-8-15)19-11-9-18(3)10-12-19/h5-8H,4,9-13H2,1-3H3,(H,20,21). The van der Waals surface area contributed by atoms with Crippen molar-refractivity contribution in [2.24, 2.45) is 0 Å². The van der Waals surface area contributed by atoms with Crippen molar-refractivity contribution in [2.45, 2.75) is 32.2 Å². The highest BCUT2D eigenvalue weighted by atomic mass is 16.4. The van der Waals surface area contributed by atoms with Crippen molar-refractivity contribution in [2.75, 3.05) is 33.2 Å². The van der Waals surface area contributed by atoms with Crippen LogP contribution < -0.4 is 0 Å². The fraction of sp³-hybridized carbons (Fsp3) is 0.588. The van der Waals surface area contributed by atoms with E-state index in [1.54, 1.807) is 0 Å². The van der Waals surface area contributed by atoms with Gasteiger partial charge in [0.05, 0.1) is 12.0 Å². The molecule has 4 heteroatoms. The van der Waals surface area contributed by atoms with E-state index in [9.17, 15) is 9.90 Å². The molecule has 0 bridgehead atoms. The van der Waals surface area contributed by atoms with Crippen LogP contribution >= 0.6 is 0 Å². The van der Waals surface area contributed by atoms with E-state index < -0.39 is 5.97 Å². The smallest absolute Gasteiger partial charge is 0.305 e. The number of carbonyl (C=O) groups is 1. The summed E-state index contributed by atoms with van der Waals surface area (Å²) in [7, 11) is 2.12. The van der Waals surface area contributed by atoms with Crippen LogP contribution in [0.1, 0.15) is 30.9 Å². The van der Waals surface area contributed by atoms with Gasteiger partial charge in [0, 0.05) is 26.2 Å². The Morgan fingerprint density at radius 3 is 2.24 bits per heavy atom. The Hall–Kier alpha value is -1.39. The lowest BCUT2D eigenvalue weighted by atomic mass is 9.81. The Bertz CT molecular complexity index is 478. The fourth-order valence-electron chi connectivity index (χ4n) is 3.30. The van der Waals surface area contributed by atoms with E-state index in [2.05, 4.69) is 55.0 Å². The van der Waals surface area contributed by atoms with E-state index in [0.29, 0.717) is 0 Å². The Kier molecular flexibility index (Phi) is 5.01. The zero-order valence-corrected chi connectivity index (χ0v) is 13.3. The molecule has 0 saturated carbocycles. The third-order valence-electron chi connectivity index (χ3n) is 4.73. The van der Waals surface area contributed by atoms with Crippen LogP contribution in [0, 0.1) is 6.92 Å². The second kappa shape index (κ2) is 6.58. The molecule has 1 fully saturated rings. The molecule has 1 aromatic rings. The molecular formula is C17H26N2O2. The van der Waals surface area contributed by atoms with Crippen LogP contribution in [0.25, 0.3) is 0 Å². The van der Waals surface area contributed by atoms with E-state index in [-0.39, 0.29) is 12.0 Å². The van der Waals surface area contributed by atoms with E-state index in [0.717, 1.165) is 38.2 Å². The van der Waals surface area contributed by atoms with Gasteiger partial charge in [0.1, 0.15) is 0 Å². The molecule has 1 aliphatic rings. The molecule has 1 N–H and O–H groups in total. The summed E-state index contributed by atoms with van der Waals surface area (Å²) >= 11 is 0. The second-order valence-corrected chi connectivity index (χ2v) is 6.11. The van der Waals surface area contributed by atoms with E-state index in [4.69, 9.17) is 0 Å². The molecule has 0 radical (unpaired) electrons. The maximum absolute atomic E-state index is 11.5. The highest BCUT2D eigenvalue weighted by Gasteiger charge is 2.40. The summed E-state index contributed by atoms with van der Waals surface area (Å²) in [5.41, 5.74) is 1.95. The van der Waals surface area contributed by atoms with Gasteiger partial charge in [-0.1, -0.05) is 36.8 Å². The summed E-state index contributed by atoms with van der Waals surface area (Å²) in [5, 5.41) is 9.44. The second-order valence-electron chi connectivity index (χ2n) is 6.11. The van der Waals surface area contributed by atoms with Gasteiger partial charge in [-0.3, -0.25) is 9.69 Å². The first-order chi connectivity index (χ1) is 9.98. The van der Waals surface area contributed by atoms with Crippen molar-refractivity contribution >= 4 is 5.97 Å². The van der Waals surface area contributed by atoms with Crippen molar-refractivity contribution < 1.29 is 9.90 Å². The van der Waals surface area contributed by atoms with E-state index in [1.807, 2.05) is 0 Å². The molecule has 21 heavy (non-hydrogen) atoms. The summed E-state index contributed by atoms with van der Waals surface area (Å²) in [6.07, 6.45) is 0.975. The number of piperazine rings is 1. The van der Waals surface area contributed by atoms with Crippen LogP contribution in [0.15, 0.2) is 24.3 Å². The van der Waals surface area contributed by atoms with E-state index in [1.165, 1.54) is 5.56 Å². The minimum absolute atomic E-state index is 0.163. The van der Waals surface area contributed by atoms with E-state index >= 15 is 0 Å². The van der Waals surface area contributed by atoms with Crippen LogP contribution in [0.5, 0.6) is 0 Å². The van der Waals surface area contributed by atoms with Crippen LogP contribution in [0.4, 0.5) is 0 Å². The number of hydrogen-bond acceptors (Lipinski definition) is 3. The molecule has 1 heterocycles. The number of aliphatic carboxylic acids is 1. The molecule has 2 rings (SSSR count). The van der Waals surface area contributed by atoms with Crippen molar-refractivity contribution in [3.8, 4) is 0 Å². The minimum atomic E-state index is -0.726. The van der Waals surface area contributed by atoms with Gasteiger partial charge in [0.15, 0.2) is 0 Å². The summed E-state index contributed by atoms with van der Waals surface area (Å²) < 4.78 is 0. The Morgan fingerprint density at radius 2 is 1.76 bits per heavy atom. The predicted octanol–water partition coefficient (Wildman–Crippen LogP) is 2.32. The fourth-order valence-corrected chi connectivity index (χ4v) is 3.30. The van der Waals surface area contributed by atoms with Gasteiger partial charge in [-0.05, 0) is 26.0 Å². The summed E-state index contributed by atoms with van der Waals surface area (Å²) in [4.78, 5) is 16.1. The van der Waals surface area contributed by atoms with Crippen molar-refractivity contribution in [1.82, 2.24) is 9.80 Å². The van der Waals surface area contributed by atoms with Gasteiger partial charge in [-0.25, -0.2) is 0 Å². The number of benzene rings is 1. The SMILES string of the molecule is CCC(CC(=O)O)(c1ccc(C)cc1)N1CCN(C)CC1. The summed E-state index contributed by atoms with van der Waals surface area (Å²) in [6.45, 7) is 7.99. The number of rotatable bonds is 5. The first-order valence-corrected chi connectivity index (χ1v) is 7.70. The molecule has 1 atom stereocenters. The summed E-state index contributed by atoms with van der Waals surface area (Å²) in [5.74, 6) is -0.726. The van der Waals surface area contributed by atoms with Crippen LogP contribution in [-0.2, 0) is 10.3 Å². The Morgan fingerprint density at radius 1 is 1.19 bits per heavy atom. The summed E-state index contributed by atoms with van der Waals surface area (Å²) in [6, 6.07) is 8.36. The third kappa shape index (κ3) is 3.44. The highest BCUT2D eigenvalue weighted by Crippen LogP contribution is 2.36. The highest BCUT2D eigenvalue weighted by molar-refractivity contribution is 5.69. The normalized spacial score (nSPS) is 20.1. The van der Waals surface area contributed by atoms with Crippen LogP contribution in [0.3, 0.4) is 0 Å². The molecular weight excluding hydrogens is 264 g/mol. The van der Waals surface area contributed by atoms with Gasteiger partial charge in [-0.15, -0.1) is 0 Å². The molecule has 1 unspecified atom stereocenters. The quantitative estimate of drug-likeness (QED) is 0.904. The first-order valence-electron chi connectivity index (χ1n) is 7.70. The van der Waals surface area contributed by atoms with Gasteiger partial charge in [-0.2, -0.15) is 0 Å². The van der Waals surface area contributed by atoms with Gasteiger partial charge in [0.25, 0.3) is 0 Å². The molecule has 0 aliphatic carbocycles. The Balaban J connectivity index is 2.37. The van der Waals surface area contributed by atoms with Gasteiger partial charge in [0.2, 0.25) is 0 Å². The minimum Gasteiger partial charge on any atom is -0.481 e. The Labute approximate surface area is 127 Å². The molecule has 116 valence electrons. The van der Waals surface area contributed by atoms with Crippen LogP contribution in [0.2, 0.25) is 0 Å². The van der Waals surface area contributed by atoms with Crippen LogP contribution in [-0.4, -0.2) is 54.1 Å². The monoisotopic (exact) mass is 290 g/mol. The van der Waals surface area contributed by atoms with Gasteiger partial charge >= 0.3 is 5.97 Å². The number of likely N-dealkylation sites (N-methyl/N-ethyl adjacent to an activating group) is 1. The third-order valence-corrected chi connectivity index (χ3v) is 4.73. The zero-order chi connectivity index (χ0) is 15.5. The molecule has 4 nitrogen and oxygen atoms in total. The molecule has 1 saturated heterocycles. The van der Waals surface area contributed by atoms with Crippen molar-refractivity contribution in [1.29, 1.82) is 0 Å². The molecule has 0 aromatic heterocycles. The largest absolute Gasteiger partial charge is 0.481 e. The first kappa shape index (κ1) is 16.0. The predicted molar refractivity (Wildman–Crippen MR) is 84.5 cm³/mol. The molecule has 0 spiro atoms. The zero-order valence-electron chi connectivity index (χ0n) is 13.3. The lowest BCUT2D eigenvalue weighted by molar-refractivity contribution is -0.141. The number of nitrogens with zero attached hydrogens (tertiary/aromatic N) is 2. The molecule has 0 amide bonds. The topological polar surface area (TPSA) is 43.8 Å². The van der Waals surface area contributed by atoms with Crippen molar-refractivity contribution in [3.63, 3.8) is 0 Å². The van der Waals surface area contributed by atoms with Gasteiger partial charge < -0.3 is 10.0 Å². The number of carboxylic acids is 1. The number of hydrogen-bond donors (Lipinski definition) is 1. The lowest BCUT2D eigenvalue weighted by Gasteiger charge is -2.47. The lowest BCUT2D eigenvalue weighted by Crippen LogP contribution is -2.55. The van der Waals surface area contributed by atoms with Crippen molar-refractivity contribution in [3.05, 3.63) is 35.4 Å². The molecule has 1 aromatic carbocycles.